The molecule has 0 aliphatic carbocycles. The third-order valence-corrected chi connectivity index (χ3v) is 4.43. The predicted molar refractivity (Wildman–Crippen MR) is 95.9 cm³/mol. The quantitative estimate of drug-likeness (QED) is 0.711. The molecule has 2 amide bonds. The highest BCUT2D eigenvalue weighted by Crippen LogP contribution is 2.23. The lowest BCUT2D eigenvalue weighted by atomic mass is 10.2. The van der Waals surface area contributed by atoms with Gasteiger partial charge in [0.15, 0.2) is 17.5 Å². The number of amides is 2. The van der Waals surface area contributed by atoms with E-state index < -0.39 is 17.5 Å². The van der Waals surface area contributed by atoms with Crippen molar-refractivity contribution in [3.05, 3.63) is 58.5 Å². The molecule has 2 heterocycles. The van der Waals surface area contributed by atoms with Gasteiger partial charge >= 0.3 is 0 Å². The van der Waals surface area contributed by atoms with Crippen LogP contribution in [0, 0.1) is 17.5 Å². The molecule has 0 atom stereocenters. The summed E-state index contributed by atoms with van der Waals surface area (Å²) in [5, 5.41) is 5.56. The summed E-state index contributed by atoms with van der Waals surface area (Å²) in [5.74, 6) is -3.88. The van der Waals surface area contributed by atoms with Crippen molar-refractivity contribution in [3.8, 4) is 0 Å². The molecule has 3 rings (SSSR count). The van der Waals surface area contributed by atoms with Crippen LogP contribution >= 0.6 is 0 Å². The van der Waals surface area contributed by atoms with Crippen LogP contribution in [0.3, 0.4) is 0 Å². The summed E-state index contributed by atoms with van der Waals surface area (Å²) in [7, 11) is 0. The second-order valence-corrected chi connectivity index (χ2v) is 6.31. The van der Waals surface area contributed by atoms with Crippen LogP contribution in [0.1, 0.15) is 35.0 Å². The molecule has 0 fully saturated rings. The number of hydrogen-bond acceptors (Lipinski definition) is 4. The van der Waals surface area contributed by atoms with Crippen LogP contribution in [-0.2, 0) is 17.9 Å². The van der Waals surface area contributed by atoms with Gasteiger partial charge in [-0.2, -0.15) is 0 Å². The lowest BCUT2D eigenvalue weighted by molar-refractivity contribution is -0.120. The Labute approximate surface area is 159 Å². The zero-order valence-electron chi connectivity index (χ0n) is 15.2. The number of fused-ring (bicyclic) bond motifs is 1. The Morgan fingerprint density at radius 3 is 2.71 bits per heavy atom. The molecule has 6 nitrogen and oxygen atoms in total. The van der Waals surface area contributed by atoms with Gasteiger partial charge in [-0.15, -0.1) is 0 Å². The Morgan fingerprint density at radius 1 is 1.18 bits per heavy atom. The van der Waals surface area contributed by atoms with Gasteiger partial charge in [0.25, 0.3) is 5.91 Å². The van der Waals surface area contributed by atoms with Crippen LogP contribution in [0.15, 0.2) is 24.3 Å². The predicted octanol–water partition coefficient (Wildman–Crippen LogP) is 2.59. The summed E-state index contributed by atoms with van der Waals surface area (Å²) in [4.78, 5) is 29.6. The average Bonchev–Trinajstić information content (AvgIpc) is 3.00. The minimum atomic E-state index is -1.52. The molecular weight excluding hydrogens is 373 g/mol. The van der Waals surface area contributed by atoms with Crippen LogP contribution < -0.4 is 10.6 Å². The highest BCUT2D eigenvalue weighted by atomic mass is 19.2. The zero-order valence-corrected chi connectivity index (χ0v) is 15.2. The summed E-state index contributed by atoms with van der Waals surface area (Å²) in [6.45, 7) is 2.67. The van der Waals surface area contributed by atoms with Crippen LogP contribution in [0.5, 0.6) is 0 Å². The highest BCUT2D eigenvalue weighted by molar-refractivity contribution is 5.98. The van der Waals surface area contributed by atoms with E-state index in [1.54, 1.807) is 24.0 Å². The normalized spacial score (nSPS) is 12.9. The van der Waals surface area contributed by atoms with Crippen molar-refractivity contribution in [1.82, 2.24) is 15.2 Å². The van der Waals surface area contributed by atoms with Crippen LogP contribution in [0.2, 0.25) is 0 Å². The maximum absolute atomic E-state index is 13.7. The van der Waals surface area contributed by atoms with Gasteiger partial charge in [-0.25, -0.2) is 18.2 Å². The molecule has 1 aliphatic heterocycles. The number of halogens is 3. The molecule has 0 radical (unpaired) electrons. The molecule has 0 saturated carbocycles. The molecular formula is C19H19F3N4O2. The average molecular weight is 392 g/mol. The van der Waals surface area contributed by atoms with Gasteiger partial charge in [0.2, 0.25) is 5.91 Å². The summed E-state index contributed by atoms with van der Waals surface area (Å²) < 4.78 is 40.0. The molecule has 1 aromatic heterocycles. The monoisotopic (exact) mass is 392 g/mol. The molecule has 0 spiro atoms. The van der Waals surface area contributed by atoms with Crippen molar-refractivity contribution in [2.45, 2.75) is 26.4 Å². The van der Waals surface area contributed by atoms with Gasteiger partial charge in [0.1, 0.15) is 5.82 Å². The smallest absolute Gasteiger partial charge is 0.256 e. The number of benzene rings is 1. The van der Waals surface area contributed by atoms with Crippen LogP contribution in [-0.4, -0.2) is 34.8 Å². The van der Waals surface area contributed by atoms with E-state index in [9.17, 15) is 22.8 Å². The second-order valence-electron chi connectivity index (χ2n) is 6.31. The van der Waals surface area contributed by atoms with Gasteiger partial charge in [-0.1, -0.05) is 13.0 Å². The number of nitrogens with zero attached hydrogens (tertiary/aromatic N) is 2. The van der Waals surface area contributed by atoms with E-state index in [1.165, 1.54) is 0 Å². The van der Waals surface area contributed by atoms with Gasteiger partial charge < -0.3 is 15.5 Å². The second kappa shape index (κ2) is 8.28. The molecule has 2 N–H and O–H groups in total. The van der Waals surface area contributed by atoms with Gasteiger partial charge in [-0.3, -0.25) is 9.59 Å². The molecule has 9 heteroatoms. The van der Waals surface area contributed by atoms with Crippen molar-refractivity contribution in [3.63, 3.8) is 0 Å². The van der Waals surface area contributed by atoms with Crippen molar-refractivity contribution in [2.75, 3.05) is 18.4 Å². The van der Waals surface area contributed by atoms with Crippen LogP contribution in [0.25, 0.3) is 0 Å². The lowest BCUT2D eigenvalue weighted by Crippen LogP contribution is -2.34. The third kappa shape index (κ3) is 4.08. The molecule has 1 aliphatic rings. The number of pyridine rings is 1. The number of hydrogen-bond donors (Lipinski definition) is 2. The molecule has 28 heavy (non-hydrogen) atoms. The first kappa shape index (κ1) is 19.7. The molecule has 0 bridgehead atoms. The summed E-state index contributed by atoms with van der Waals surface area (Å²) in [6.07, 6.45) is 0.378. The van der Waals surface area contributed by atoms with Crippen molar-refractivity contribution in [1.29, 1.82) is 0 Å². The standard InChI is InChI=1S/C19H19F3N4O2/c1-2-16(27)23-7-8-26-10-14-12(19(26)28)4-6-15(25-14)24-9-11-3-5-13(20)18(22)17(11)21/h3-6H,2,7-10H2,1H3,(H,23,27)(H,24,25). The lowest BCUT2D eigenvalue weighted by Gasteiger charge is -2.15. The van der Waals surface area contributed by atoms with E-state index in [0.717, 1.165) is 12.1 Å². The fourth-order valence-electron chi connectivity index (χ4n) is 2.86. The maximum Gasteiger partial charge on any atom is 0.256 e. The van der Waals surface area contributed by atoms with Crippen molar-refractivity contribution >= 4 is 17.6 Å². The summed E-state index contributed by atoms with van der Waals surface area (Å²) >= 11 is 0. The number of carbonyl (C=O) groups excluding carboxylic acids is 2. The van der Waals surface area contributed by atoms with E-state index in [1.807, 2.05) is 0 Å². The number of aromatic nitrogens is 1. The maximum atomic E-state index is 13.7. The minimum Gasteiger partial charge on any atom is -0.366 e. The number of nitrogens with one attached hydrogen (secondary N) is 2. The molecule has 0 saturated heterocycles. The zero-order chi connectivity index (χ0) is 20.3. The van der Waals surface area contributed by atoms with Crippen LogP contribution in [0.4, 0.5) is 19.0 Å². The fraction of sp³-hybridized carbons (Fsp3) is 0.316. The molecule has 2 aromatic rings. The summed E-state index contributed by atoms with van der Waals surface area (Å²) in [6, 6.07) is 5.19. The van der Waals surface area contributed by atoms with Gasteiger partial charge in [-0.05, 0) is 18.2 Å². The largest absolute Gasteiger partial charge is 0.366 e. The first-order chi connectivity index (χ1) is 13.4. The van der Waals surface area contributed by atoms with E-state index in [0.29, 0.717) is 43.1 Å². The Hall–Kier alpha value is -3.10. The first-order valence-corrected chi connectivity index (χ1v) is 8.82. The van der Waals surface area contributed by atoms with E-state index in [4.69, 9.17) is 0 Å². The Morgan fingerprint density at radius 2 is 1.96 bits per heavy atom. The van der Waals surface area contributed by atoms with Crippen molar-refractivity contribution in [2.24, 2.45) is 0 Å². The minimum absolute atomic E-state index is 0.0365. The molecule has 0 unspecified atom stereocenters. The Kier molecular flexibility index (Phi) is 5.81. The number of carbonyl (C=O) groups is 2. The Bertz CT molecular complexity index is 920. The molecule has 1 aromatic carbocycles. The Balaban J connectivity index is 1.63. The SMILES string of the molecule is CCC(=O)NCCN1Cc2nc(NCc3ccc(F)c(F)c3F)ccc2C1=O. The van der Waals surface area contributed by atoms with Gasteiger partial charge in [0, 0.05) is 31.6 Å². The number of anilines is 1. The first-order valence-electron chi connectivity index (χ1n) is 8.82. The summed E-state index contributed by atoms with van der Waals surface area (Å²) in [5.41, 5.74) is 0.986. The molecule has 148 valence electrons. The fourth-order valence-corrected chi connectivity index (χ4v) is 2.86. The van der Waals surface area contributed by atoms with Gasteiger partial charge in [0.05, 0.1) is 17.8 Å². The highest BCUT2D eigenvalue weighted by Gasteiger charge is 2.28. The third-order valence-electron chi connectivity index (χ3n) is 4.43. The van der Waals surface area contributed by atoms with E-state index >= 15 is 0 Å². The number of rotatable bonds is 7. The van der Waals surface area contributed by atoms with E-state index in [-0.39, 0.29) is 23.9 Å². The van der Waals surface area contributed by atoms with Crippen molar-refractivity contribution < 1.29 is 22.8 Å². The topological polar surface area (TPSA) is 74.3 Å². The van der Waals surface area contributed by atoms with E-state index in [2.05, 4.69) is 15.6 Å².